The molecule has 1 aliphatic heterocycles. The molecule has 2 saturated carbocycles. The molecule has 0 aromatic carbocycles. The number of carbonyl (C=O) groups excluding carboxylic acids is 1. The van der Waals surface area contributed by atoms with Gasteiger partial charge in [0.25, 0.3) is 0 Å². The number of nitrogens with two attached hydrogens (primary N) is 1. The van der Waals surface area contributed by atoms with Crippen molar-refractivity contribution in [2.45, 2.75) is 51.5 Å². The fourth-order valence-corrected chi connectivity index (χ4v) is 4.22. The molecular formula is C14H24N2O. The first kappa shape index (κ1) is 11.5. The summed E-state index contributed by atoms with van der Waals surface area (Å²) in [5.74, 6) is 1.93. The normalized spacial score (nSPS) is 45.3. The number of carbonyl (C=O) groups is 1. The molecule has 1 amide bonds. The lowest BCUT2D eigenvalue weighted by Gasteiger charge is -2.32. The van der Waals surface area contributed by atoms with Crippen LogP contribution in [0.4, 0.5) is 0 Å². The van der Waals surface area contributed by atoms with Gasteiger partial charge in [-0.1, -0.05) is 12.8 Å². The van der Waals surface area contributed by atoms with E-state index in [1.807, 2.05) is 0 Å². The van der Waals surface area contributed by atoms with Crippen LogP contribution in [0.3, 0.4) is 0 Å². The highest BCUT2D eigenvalue weighted by molar-refractivity contribution is 5.83. The Kier molecular flexibility index (Phi) is 2.69. The zero-order valence-electron chi connectivity index (χ0n) is 10.8. The zero-order chi connectivity index (χ0) is 12.0. The van der Waals surface area contributed by atoms with Gasteiger partial charge in [0.15, 0.2) is 0 Å². The van der Waals surface area contributed by atoms with Crippen LogP contribution >= 0.6 is 0 Å². The first-order valence-corrected chi connectivity index (χ1v) is 7.16. The van der Waals surface area contributed by atoms with Crippen LogP contribution in [0.15, 0.2) is 0 Å². The highest BCUT2D eigenvalue weighted by atomic mass is 16.2. The molecule has 3 rings (SSSR count). The van der Waals surface area contributed by atoms with Crippen molar-refractivity contribution in [2.24, 2.45) is 23.0 Å². The molecule has 0 spiro atoms. The Labute approximate surface area is 104 Å². The Morgan fingerprint density at radius 1 is 1.18 bits per heavy atom. The summed E-state index contributed by atoms with van der Waals surface area (Å²) >= 11 is 0. The number of fused-ring (bicyclic) bond motifs is 1. The van der Waals surface area contributed by atoms with E-state index in [1.54, 1.807) is 0 Å². The molecule has 0 radical (unpaired) electrons. The van der Waals surface area contributed by atoms with Gasteiger partial charge in [0.2, 0.25) is 5.91 Å². The van der Waals surface area contributed by atoms with Crippen molar-refractivity contribution in [1.29, 1.82) is 0 Å². The van der Waals surface area contributed by atoms with Gasteiger partial charge in [-0.05, 0) is 44.4 Å². The molecule has 1 saturated heterocycles. The van der Waals surface area contributed by atoms with Crippen LogP contribution in [-0.2, 0) is 4.79 Å². The van der Waals surface area contributed by atoms with E-state index in [1.165, 1.54) is 19.3 Å². The Morgan fingerprint density at radius 2 is 1.82 bits per heavy atom. The lowest BCUT2D eigenvalue weighted by atomic mass is 9.83. The summed E-state index contributed by atoms with van der Waals surface area (Å²) in [6.07, 6.45) is 7.15. The third-order valence-electron chi connectivity index (χ3n) is 5.53. The molecule has 3 heteroatoms. The summed E-state index contributed by atoms with van der Waals surface area (Å²) in [4.78, 5) is 14.8. The smallest absolute Gasteiger partial charge is 0.230 e. The molecule has 2 aliphatic carbocycles. The summed E-state index contributed by atoms with van der Waals surface area (Å²) in [5, 5.41) is 0. The maximum Gasteiger partial charge on any atom is 0.230 e. The molecule has 4 atom stereocenters. The second-order valence-corrected chi connectivity index (χ2v) is 6.58. The number of amides is 1. The second kappa shape index (κ2) is 3.98. The van der Waals surface area contributed by atoms with Crippen molar-refractivity contribution in [3.8, 4) is 0 Å². The van der Waals surface area contributed by atoms with Crippen molar-refractivity contribution in [3.63, 3.8) is 0 Å². The predicted molar refractivity (Wildman–Crippen MR) is 67.3 cm³/mol. The monoisotopic (exact) mass is 236 g/mol. The van der Waals surface area contributed by atoms with E-state index in [0.29, 0.717) is 5.91 Å². The molecule has 0 aromatic heterocycles. The molecule has 4 unspecified atom stereocenters. The van der Waals surface area contributed by atoms with Gasteiger partial charge in [0.05, 0.1) is 5.41 Å². The third kappa shape index (κ3) is 1.70. The van der Waals surface area contributed by atoms with E-state index in [2.05, 4.69) is 11.8 Å². The molecule has 3 aliphatic rings. The highest BCUT2D eigenvalue weighted by Gasteiger charge is 2.48. The number of nitrogens with zero attached hydrogens (tertiary/aromatic N) is 1. The van der Waals surface area contributed by atoms with Crippen LogP contribution in [0.2, 0.25) is 0 Å². The highest BCUT2D eigenvalue weighted by Crippen LogP contribution is 2.43. The summed E-state index contributed by atoms with van der Waals surface area (Å²) in [6.45, 7) is 4.10. The largest absolute Gasteiger partial charge is 0.342 e. The summed E-state index contributed by atoms with van der Waals surface area (Å²) in [5.41, 5.74) is 5.88. The number of hydrogen-bond acceptors (Lipinski definition) is 2. The molecule has 0 aromatic rings. The molecular weight excluding hydrogens is 212 g/mol. The van der Waals surface area contributed by atoms with Gasteiger partial charge in [-0.3, -0.25) is 4.79 Å². The van der Waals surface area contributed by atoms with Crippen LogP contribution < -0.4 is 5.73 Å². The average molecular weight is 236 g/mol. The van der Waals surface area contributed by atoms with Gasteiger partial charge >= 0.3 is 0 Å². The van der Waals surface area contributed by atoms with Gasteiger partial charge in [-0.2, -0.15) is 0 Å². The minimum absolute atomic E-state index is 0.0791. The van der Waals surface area contributed by atoms with E-state index in [-0.39, 0.29) is 11.5 Å². The first-order valence-electron chi connectivity index (χ1n) is 7.16. The Bertz CT molecular complexity index is 318. The fraction of sp³-hybridized carbons (Fsp3) is 0.929. The Morgan fingerprint density at radius 3 is 2.35 bits per heavy atom. The fourth-order valence-electron chi connectivity index (χ4n) is 4.22. The minimum atomic E-state index is -0.265. The summed E-state index contributed by atoms with van der Waals surface area (Å²) < 4.78 is 0. The first-order chi connectivity index (χ1) is 8.11. The Balaban J connectivity index is 1.71. The molecule has 1 heterocycles. The van der Waals surface area contributed by atoms with Crippen LogP contribution in [0, 0.1) is 17.3 Å². The van der Waals surface area contributed by atoms with Crippen LogP contribution in [0.5, 0.6) is 0 Å². The SMILES string of the molecule is CC1(C(=O)N2CC3CCCC3C2)CCCC1N. The van der Waals surface area contributed by atoms with Gasteiger partial charge in [0.1, 0.15) is 0 Å². The van der Waals surface area contributed by atoms with Crippen molar-refractivity contribution in [1.82, 2.24) is 4.90 Å². The van der Waals surface area contributed by atoms with Gasteiger partial charge in [-0.15, -0.1) is 0 Å². The number of rotatable bonds is 1. The minimum Gasteiger partial charge on any atom is -0.342 e. The number of hydrogen-bond donors (Lipinski definition) is 1. The van der Waals surface area contributed by atoms with Crippen LogP contribution in [0.25, 0.3) is 0 Å². The van der Waals surface area contributed by atoms with E-state index >= 15 is 0 Å². The standard InChI is InChI=1S/C14H24N2O/c1-14(7-3-6-12(14)15)13(17)16-8-10-4-2-5-11(10)9-16/h10-12H,2-9,15H2,1H3. The van der Waals surface area contributed by atoms with Gasteiger partial charge in [-0.25, -0.2) is 0 Å². The van der Waals surface area contributed by atoms with E-state index < -0.39 is 0 Å². The van der Waals surface area contributed by atoms with Crippen molar-refractivity contribution in [3.05, 3.63) is 0 Å². The van der Waals surface area contributed by atoms with Crippen LogP contribution in [0.1, 0.15) is 45.4 Å². The quantitative estimate of drug-likeness (QED) is 0.754. The van der Waals surface area contributed by atoms with E-state index in [4.69, 9.17) is 5.73 Å². The zero-order valence-corrected chi connectivity index (χ0v) is 10.8. The molecule has 2 N–H and O–H groups in total. The topological polar surface area (TPSA) is 46.3 Å². The second-order valence-electron chi connectivity index (χ2n) is 6.58. The third-order valence-corrected chi connectivity index (χ3v) is 5.53. The maximum absolute atomic E-state index is 12.7. The molecule has 0 bridgehead atoms. The van der Waals surface area contributed by atoms with Crippen molar-refractivity contribution < 1.29 is 4.79 Å². The number of likely N-dealkylation sites (tertiary alicyclic amines) is 1. The maximum atomic E-state index is 12.7. The lowest BCUT2D eigenvalue weighted by Crippen LogP contribution is -2.48. The summed E-state index contributed by atoms with van der Waals surface area (Å²) in [6, 6.07) is 0.0791. The summed E-state index contributed by atoms with van der Waals surface area (Å²) in [7, 11) is 0. The Hall–Kier alpha value is -0.570. The van der Waals surface area contributed by atoms with Crippen LogP contribution in [-0.4, -0.2) is 29.9 Å². The van der Waals surface area contributed by atoms with Gasteiger partial charge in [0, 0.05) is 19.1 Å². The van der Waals surface area contributed by atoms with Crippen molar-refractivity contribution >= 4 is 5.91 Å². The molecule has 17 heavy (non-hydrogen) atoms. The van der Waals surface area contributed by atoms with Gasteiger partial charge < -0.3 is 10.6 Å². The van der Waals surface area contributed by atoms with E-state index in [9.17, 15) is 4.79 Å². The van der Waals surface area contributed by atoms with Crippen molar-refractivity contribution in [2.75, 3.05) is 13.1 Å². The molecule has 3 fully saturated rings. The average Bonchev–Trinajstić information content (AvgIpc) is 2.93. The lowest BCUT2D eigenvalue weighted by molar-refractivity contribution is -0.140. The predicted octanol–water partition coefficient (Wildman–Crippen LogP) is 1.76. The van der Waals surface area contributed by atoms with E-state index in [0.717, 1.165) is 44.2 Å². The molecule has 3 nitrogen and oxygen atoms in total. The molecule has 96 valence electrons.